The van der Waals surface area contributed by atoms with E-state index >= 15 is 0 Å². The van der Waals surface area contributed by atoms with Crippen molar-refractivity contribution in [2.75, 3.05) is 11.9 Å². The molecular formula is C16H22N4O2. The molecule has 3 N–H and O–H groups in total. The van der Waals surface area contributed by atoms with Gasteiger partial charge in [0.1, 0.15) is 0 Å². The summed E-state index contributed by atoms with van der Waals surface area (Å²) in [6, 6.07) is 9.06. The van der Waals surface area contributed by atoms with E-state index in [1.54, 1.807) is 17.1 Å². The molecule has 1 aromatic heterocycles. The van der Waals surface area contributed by atoms with Gasteiger partial charge >= 0.3 is 6.03 Å². The maximum Gasteiger partial charge on any atom is 0.319 e. The van der Waals surface area contributed by atoms with Gasteiger partial charge in [0.05, 0.1) is 36.4 Å². The number of hydrogen-bond acceptors (Lipinski definition) is 3. The van der Waals surface area contributed by atoms with Crippen molar-refractivity contribution in [2.24, 2.45) is 5.92 Å². The minimum absolute atomic E-state index is 0.0745. The SMILES string of the molecule is CC(C)C[C@H](CO)NC(=O)Nc1cnn(-c2ccccc2)c1. The van der Waals surface area contributed by atoms with E-state index in [0.29, 0.717) is 11.6 Å². The normalized spacial score (nSPS) is 12.2. The van der Waals surface area contributed by atoms with Gasteiger partial charge in [0.15, 0.2) is 0 Å². The summed E-state index contributed by atoms with van der Waals surface area (Å²) in [5, 5.41) is 19.0. The number of nitrogens with one attached hydrogen (secondary N) is 2. The lowest BCUT2D eigenvalue weighted by atomic mass is 10.0. The van der Waals surface area contributed by atoms with E-state index in [2.05, 4.69) is 15.7 Å². The molecule has 2 rings (SSSR count). The summed E-state index contributed by atoms with van der Waals surface area (Å²) in [4.78, 5) is 11.9. The van der Waals surface area contributed by atoms with Crippen LogP contribution in [0.5, 0.6) is 0 Å². The van der Waals surface area contributed by atoms with Crippen LogP contribution in [0.15, 0.2) is 42.7 Å². The van der Waals surface area contributed by atoms with Crippen molar-refractivity contribution >= 4 is 11.7 Å². The highest BCUT2D eigenvalue weighted by Gasteiger charge is 2.13. The van der Waals surface area contributed by atoms with Crippen LogP contribution in [0.1, 0.15) is 20.3 Å². The van der Waals surface area contributed by atoms with E-state index in [4.69, 9.17) is 0 Å². The summed E-state index contributed by atoms with van der Waals surface area (Å²) in [7, 11) is 0. The number of amides is 2. The molecule has 0 radical (unpaired) electrons. The largest absolute Gasteiger partial charge is 0.394 e. The smallest absolute Gasteiger partial charge is 0.319 e. The number of aliphatic hydroxyl groups is 1. The second-order valence-corrected chi connectivity index (χ2v) is 5.62. The van der Waals surface area contributed by atoms with Crippen LogP contribution in [0.25, 0.3) is 5.69 Å². The zero-order chi connectivity index (χ0) is 15.9. The molecular weight excluding hydrogens is 280 g/mol. The molecule has 118 valence electrons. The Balaban J connectivity index is 1.94. The lowest BCUT2D eigenvalue weighted by molar-refractivity contribution is 0.214. The molecule has 0 saturated carbocycles. The van der Waals surface area contributed by atoms with Crippen molar-refractivity contribution in [1.29, 1.82) is 0 Å². The Bertz CT molecular complexity index is 595. The van der Waals surface area contributed by atoms with Gasteiger partial charge in [0.2, 0.25) is 0 Å². The van der Waals surface area contributed by atoms with Crippen LogP contribution in [0.4, 0.5) is 10.5 Å². The molecule has 2 aromatic rings. The summed E-state index contributed by atoms with van der Waals surface area (Å²) in [5.41, 5.74) is 1.52. The van der Waals surface area contributed by atoms with Crippen molar-refractivity contribution in [1.82, 2.24) is 15.1 Å². The molecule has 0 aliphatic rings. The predicted molar refractivity (Wildman–Crippen MR) is 86.0 cm³/mol. The summed E-state index contributed by atoms with van der Waals surface area (Å²) in [6.07, 6.45) is 4.06. The van der Waals surface area contributed by atoms with Gasteiger partial charge in [-0.2, -0.15) is 5.10 Å². The van der Waals surface area contributed by atoms with Crippen molar-refractivity contribution in [3.63, 3.8) is 0 Å². The third-order valence-electron chi connectivity index (χ3n) is 3.17. The van der Waals surface area contributed by atoms with Gasteiger partial charge in [-0.1, -0.05) is 32.0 Å². The van der Waals surface area contributed by atoms with Gasteiger partial charge in [-0.15, -0.1) is 0 Å². The lowest BCUT2D eigenvalue weighted by Crippen LogP contribution is -2.40. The molecule has 1 aromatic carbocycles. The van der Waals surface area contributed by atoms with Crippen LogP contribution in [-0.4, -0.2) is 33.6 Å². The summed E-state index contributed by atoms with van der Waals surface area (Å²) >= 11 is 0. The van der Waals surface area contributed by atoms with E-state index in [0.717, 1.165) is 12.1 Å². The zero-order valence-electron chi connectivity index (χ0n) is 12.9. The molecule has 0 saturated heterocycles. The van der Waals surface area contributed by atoms with Crippen molar-refractivity contribution in [3.8, 4) is 5.69 Å². The maximum atomic E-state index is 11.9. The first kappa shape index (κ1) is 16.0. The molecule has 0 spiro atoms. The second kappa shape index (κ2) is 7.61. The van der Waals surface area contributed by atoms with Gasteiger partial charge in [0.25, 0.3) is 0 Å². The highest BCUT2D eigenvalue weighted by Crippen LogP contribution is 2.11. The number of carbonyl (C=O) groups excluding carboxylic acids is 1. The molecule has 0 aliphatic heterocycles. The molecule has 1 heterocycles. The molecule has 0 bridgehead atoms. The van der Waals surface area contributed by atoms with Gasteiger partial charge < -0.3 is 15.7 Å². The summed E-state index contributed by atoms with van der Waals surface area (Å²) < 4.78 is 1.69. The topological polar surface area (TPSA) is 79.2 Å². The third-order valence-corrected chi connectivity index (χ3v) is 3.17. The van der Waals surface area contributed by atoms with E-state index in [1.807, 2.05) is 44.2 Å². The summed E-state index contributed by atoms with van der Waals surface area (Å²) in [6.45, 7) is 4.02. The summed E-state index contributed by atoms with van der Waals surface area (Å²) in [5.74, 6) is 0.401. The molecule has 22 heavy (non-hydrogen) atoms. The molecule has 6 heteroatoms. The maximum absolute atomic E-state index is 11.9. The van der Waals surface area contributed by atoms with Crippen LogP contribution >= 0.6 is 0 Å². The molecule has 0 aliphatic carbocycles. The number of nitrogens with zero attached hydrogens (tertiary/aromatic N) is 2. The highest BCUT2D eigenvalue weighted by atomic mass is 16.3. The molecule has 2 amide bonds. The first-order valence-electron chi connectivity index (χ1n) is 7.37. The zero-order valence-corrected chi connectivity index (χ0v) is 12.9. The first-order chi connectivity index (χ1) is 10.6. The van der Waals surface area contributed by atoms with Crippen LogP contribution in [0, 0.1) is 5.92 Å². The number of rotatable bonds is 6. The predicted octanol–water partition coefficient (Wildman–Crippen LogP) is 2.40. The monoisotopic (exact) mass is 302 g/mol. The van der Waals surface area contributed by atoms with Gasteiger partial charge in [0, 0.05) is 0 Å². The van der Waals surface area contributed by atoms with Gasteiger partial charge in [-0.25, -0.2) is 9.48 Å². The van der Waals surface area contributed by atoms with Crippen LogP contribution in [-0.2, 0) is 0 Å². The quantitative estimate of drug-likeness (QED) is 0.766. The number of anilines is 1. The van der Waals surface area contributed by atoms with Crippen molar-refractivity contribution in [2.45, 2.75) is 26.3 Å². The number of aliphatic hydroxyl groups excluding tert-OH is 1. The van der Waals surface area contributed by atoms with Crippen molar-refractivity contribution in [3.05, 3.63) is 42.7 Å². The molecule has 6 nitrogen and oxygen atoms in total. The van der Waals surface area contributed by atoms with E-state index in [1.165, 1.54) is 0 Å². The van der Waals surface area contributed by atoms with Gasteiger partial charge in [-0.3, -0.25) is 0 Å². The molecule has 0 fully saturated rings. The second-order valence-electron chi connectivity index (χ2n) is 5.62. The minimum Gasteiger partial charge on any atom is -0.394 e. The average Bonchev–Trinajstić information content (AvgIpc) is 2.95. The fourth-order valence-electron chi connectivity index (χ4n) is 2.21. The van der Waals surface area contributed by atoms with E-state index < -0.39 is 0 Å². The average molecular weight is 302 g/mol. The Hall–Kier alpha value is -2.34. The standard InChI is InChI=1S/C16H22N4O2/c1-12(2)8-13(11-21)18-16(22)19-14-9-17-20(10-14)15-6-4-3-5-7-15/h3-7,9-10,12-13,21H,8,11H2,1-2H3,(H2,18,19,22)/t13-/m1/s1. The van der Waals surface area contributed by atoms with E-state index in [-0.39, 0.29) is 18.7 Å². The Morgan fingerprint density at radius 2 is 2.05 bits per heavy atom. The van der Waals surface area contributed by atoms with E-state index in [9.17, 15) is 9.90 Å². The number of aromatic nitrogens is 2. The molecule has 1 atom stereocenters. The fourth-order valence-corrected chi connectivity index (χ4v) is 2.21. The Morgan fingerprint density at radius 3 is 2.68 bits per heavy atom. The lowest BCUT2D eigenvalue weighted by Gasteiger charge is -2.18. The molecule has 0 unspecified atom stereocenters. The highest BCUT2D eigenvalue weighted by molar-refractivity contribution is 5.89. The van der Waals surface area contributed by atoms with Crippen molar-refractivity contribution < 1.29 is 9.90 Å². The Kier molecular flexibility index (Phi) is 5.55. The van der Waals surface area contributed by atoms with Crippen LogP contribution < -0.4 is 10.6 Å². The Labute approximate surface area is 130 Å². The minimum atomic E-state index is -0.340. The van der Waals surface area contributed by atoms with Gasteiger partial charge in [-0.05, 0) is 24.5 Å². The number of para-hydroxylation sites is 1. The fraction of sp³-hybridized carbons (Fsp3) is 0.375. The number of urea groups is 1. The van der Waals surface area contributed by atoms with Crippen LogP contribution in [0.2, 0.25) is 0 Å². The van der Waals surface area contributed by atoms with Crippen LogP contribution in [0.3, 0.4) is 0 Å². The number of carbonyl (C=O) groups is 1. The Morgan fingerprint density at radius 1 is 1.32 bits per heavy atom. The first-order valence-corrected chi connectivity index (χ1v) is 7.37. The number of hydrogen-bond donors (Lipinski definition) is 3. The third kappa shape index (κ3) is 4.60. The number of benzene rings is 1.